The van der Waals surface area contributed by atoms with Crippen LogP contribution in [-0.4, -0.2) is 24.6 Å². The predicted octanol–water partition coefficient (Wildman–Crippen LogP) is 3.17. The van der Waals surface area contributed by atoms with Crippen molar-refractivity contribution in [3.8, 4) is 11.5 Å². The van der Waals surface area contributed by atoms with Crippen molar-refractivity contribution in [1.82, 2.24) is 0 Å². The third-order valence-corrected chi connectivity index (χ3v) is 2.34. The topological polar surface area (TPSA) is 35.5 Å². The number of hydrogen-bond acceptors (Lipinski definition) is 3. The molecule has 0 unspecified atom stereocenters. The van der Waals surface area contributed by atoms with Crippen LogP contribution in [0, 0.1) is 0 Å². The van der Waals surface area contributed by atoms with Crippen LogP contribution in [0.5, 0.6) is 11.5 Å². The summed E-state index contributed by atoms with van der Waals surface area (Å²) < 4.78 is 44.6. The van der Waals surface area contributed by atoms with Gasteiger partial charge in [-0.3, -0.25) is 4.79 Å². The lowest BCUT2D eigenvalue weighted by molar-refractivity contribution is -0.274. The zero-order valence-electron chi connectivity index (χ0n) is 8.68. The first kappa shape index (κ1) is 13.8. The van der Waals surface area contributed by atoms with Gasteiger partial charge in [-0.05, 0) is 18.2 Å². The molecule has 0 aliphatic heterocycles. The average Bonchev–Trinajstić information content (AvgIpc) is 2.25. The van der Waals surface area contributed by atoms with E-state index in [0.717, 1.165) is 12.1 Å². The van der Waals surface area contributed by atoms with Crippen LogP contribution < -0.4 is 9.47 Å². The number of carbonyl (C=O) groups excluding carboxylic acids is 1. The van der Waals surface area contributed by atoms with E-state index in [-0.39, 0.29) is 16.6 Å². The lowest BCUT2D eigenvalue weighted by Gasteiger charge is -2.11. The van der Waals surface area contributed by atoms with Crippen LogP contribution in [0.15, 0.2) is 18.2 Å². The van der Waals surface area contributed by atoms with Crippen molar-refractivity contribution in [2.45, 2.75) is 6.36 Å². The average molecular weight is 313 g/mol. The number of hydrogen-bond donors (Lipinski definition) is 0. The molecule has 0 N–H and O–H groups in total. The van der Waals surface area contributed by atoms with Gasteiger partial charge in [0.25, 0.3) is 0 Å². The minimum absolute atomic E-state index is 0.0150. The quantitative estimate of drug-likeness (QED) is 0.633. The zero-order chi connectivity index (χ0) is 13.1. The zero-order valence-corrected chi connectivity index (χ0v) is 10.3. The Morgan fingerprint density at radius 2 is 2.06 bits per heavy atom. The van der Waals surface area contributed by atoms with Crippen molar-refractivity contribution in [3.63, 3.8) is 0 Å². The lowest BCUT2D eigenvalue weighted by Crippen LogP contribution is -2.17. The molecule has 1 aromatic rings. The fourth-order valence-electron chi connectivity index (χ4n) is 1.17. The van der Waals surface area contributed by atoms with Crippen molar-refractivity contribution in [2.24, 2.45) is 0 Å². The van der Waals surface area contributed by atoms with Gasteiger partial charge in [0.1, 0.15) is 11.5 Å². The van der Waals surface area contributed by atoms with E-state index in [0.29, 0.717) is 0 Å². The molecule has 94 valence electrons. The first-order valence-corrected chi connectivity index (χ1v) is 5.52. The van der Waals surface area contributed by atoms with E-state index in [1.807, 2.05) is 0 Å². The molecule has 0 atom stereocenters. The molecule has 3 nitrogen and oxygen atoms in total. The van der Waals surface area contributed by atoms with E-state index >= 15 is 0 Å². The Kier molecular flexibility index (Phi) is 4.39. The fourth-order valence-corrected chi connectivity index (χ4v) is 1.48. The number of ether oxygens (including phenoxy) is 2. The van der Waals surface area contributed by atoms with Crippen LogP contribution in [0.25, 0.3) is 0 Å². The molecule has 1 rings (SSSR count). The van der Waals surface area contributed by atoms with Crippen LogP contribution in [0.2, 0.25) is 0 Å². The smallest absolute Gasteiger partial charge is 0.496 e. The Morgan fingerprint density at radius 1 is 1.41 bits per heavy atom. The second kappa shape index (κ2) is 5.39. The molecule has 0 bridgehead atoms. The van der Waals surface area contributed by atoms with Crippen LogP contribution in [0.1, 0.15) is 10.4 Å². The molecule has 0 aromatic heterocycles. The molecule has 0 amide bonds. The molecule has 0 spiro atoms. The van der Waals surface area contributed by atoms with Gasteiger partial charge in [0.2, 0.25) is 0 Å². The highest BCUT2D eigenvalue weighted by molar-refractivity contribution is 9.09. The molecule has 0 aliphatic carbocycles. The first-order valence-electron chi connectivity index (χ1n) is 4.40. The summed E-state index contributed by atoms with van der Waals surface area (Å²) in [6.45, 7) is 0. The monoisotopic (exact) mass is 312 g/mol. The summed E-state index contributed by atoms with van der Waals surface area (Å²) in [5.41, 5.74) is 0.0334. The summed E-state index contributed by atoms with van der Waals surface area (Å²) >= 11 is 2.93. The van der Waals surface area contributed by atoms with E-state index in [4.69, 9.17) is 4.74 Å². The summed E-state index contributed by atoms with van der Waals surface area (Å²) in [6, 6.07) is 3.32. The predicted molar refractivity (Wildman–Crippen MR) is 57.8 cm³/mol. The van der Waals surface area contributed by atoms with Gasteiger partial charge in [-0.1, -0.05) is 15.9 Å². The van der Waals surface area contributed by atoms with Crippen molar-refractivity contribution < 1.29 is 27.4 Å². The lowest BCUT2D eigenvalue weighted by atomic mass is 10.1. The van der Waals surface area contributed by atoms with Crippen molar-refractivity contribution in [3.05, 3.63) is 23.8 Å². The summed E-state index contributed by atoms with van der Waals surface area (Å²) in [5, 5.41) is -0.0150. The van der Waals surface area contributed by atoms with Gasteiger partial charge in [0, 0.05) is 0 Å². The van der Waals surface area contributed by atoms with Gasteiger partial charge < -0.3 is 9.47 Å². The number of alkyl halides is 4. The van der Waals surface area contributed by atoms with Gasteiger partial charge in [0.05, 0.1) is 18.0 Å². The number of carbonyl (C=O) groups is 1. The summed E-state index contributed by atoms with van der Waals surface area (Å²) in [6.07, 6.45) is -4.79. The minimum atomic E-state index is -4.79. The summed E-state index contributed by atoms with van der Waals surface area (Å²) in [7, 11) is 1.32. The molecular formula is C10H8BrF3O3. The summed E-state index contributed by atoms with van der Waals surface area (Å²) in [5.74, 6) is -0.652. The highest BCUT2D eigenvalue weighted by atomic mass is 79.9. The number of Topliss-reactive ketones (excluding diaryl/α,β-unsaturated/α-hetero) is 1. The molecule has 0 radical (unpaired) electrons. The molecule has 0 aliphatic rings. The second-order valence-corrected chi connectivity index (χ2v) is 3.53. The van der Waals surface area contributed by atoms with Crippen LogP contribution in [-0.2, 0) is 0 Å². The number of methoxy groups -OCH3 is 1. The Balaban J connectivity index is 3.09. The first-order chi connectivity index (χ1) is 7.87. The molecule has 0 saturated carbocycles. The maximum absolute atomic E-state index is 12.0. The van der Waals surface area contributed by atoms with Gasteiger partial charge in [-0.2, -0.15) is 0 Å². The number of ketones is 1. The Hall–Kier alpha value is -1.24. The van der Waals surface area contributed by atoms with E-state index in [1.165, 1.54) is 13.2 Å². The van der Waals surface area contributed by atoms with E-state index in [2.05, 4.69) is 20.7 Å². The third-order valence-electron chi connectivity index (χ3n) is 1.83. The molecule has 7 heteroatoms. The van der Waals surface area contributed by atoms with Gasteiger partial charge in [-0.15, -0.1) is 13.2 Å². The normalized spacial score (nSPS) is 11.1. The van der Waals surface area contributed by atoms with Crippen molar-refractivity contribution in [1.29, 1.82) is 0 Å². The van der Waals surface area contributed by atoms with Gasteiger partial charge >= 0.3 is 6.36 Å². The second-order valence-electron chi connectivity index (χ2n) is 2.97. The van der Waals surface area contributed by atoms with Crippen molar-refractivity contribution in [2.75, 3.05) is 12.4 Å². The van der Waals surface area contributed by atoms with E-state index < -0.39 is 17.9 Å². The standard InChI is InChI=1S/C10H8BrF3O3/c1-16-9-3-2-6(17-10(12,13)14)4-7(9)8(15)5-11/h2-4H,5H2,1H3. The van der Waals surface area contributed by atoms with Crippen LogP contribution in [0.3, 0.4) is 0 Å². The molecule has 17 heavy (non-hydrogen) atoms. The van der Waals surface area contributed by atoms with Gasteiger partial charge in [0.15, 0.2) is 5.78 Å². The third kappa shape index (κ3) is 3.92. The maximum Gasteiger partial charge on any atom is 0.573 e. The molecule has 0 heterocycles. The Labute approximate surface area is 104 Å². The largest absolute Gasteiger partial charge is 0.573 e. The maximum atomic E-state index is 12.0. The van der Waals surface area contributed by atoms with E-state index in [9.17, 15) is 18.0 Å². The minimum Gasteiger partial charge on any atom is -0.496 e. The molecule has 0 saturated heterocycles. The van der Waals surface area contributed by atoms with E-state index in [1.54, 1.807) is 0 Å². The Morgan fingerprint density at radius 3 is 2.53 bits per heavy atom. The Bertz CT molecular complexity index is 418. The molecule has 1 aromatic carbocycles. The number of benzene rings is 1. The summed E-state index contributed by atoms with van der Waals surface area (Å²) in [4.78, 5) is 11.4. The fraction of sp³-hybridized carbons (Fsp3) is 0.300. The SMILES string of the molecule is COc1ccc(OC(F)(F)F)cc1C(=O)CBr. The van der Waals surface area contributed by atoms with Crippen molar-refractivity contribution >= 4 is 21.7 Å². The van der Waals surface area contributed by atoms with Crippen LogP contribution in [0.4, 0.5) is 13.2 Å². The van der Waals surface area contributed by atoms with Gasteiger partial charge in [-0.25, -0.2) is 0 Å². The highest BCUT2D eigenvalue weighted by Crippen LogP contribution is 2.28. The highest BCUT2D eigenvalue weighted by Gasteiger charge is 2.31. The number of rotatable bonds is 4. The van der Waals surface area contributed by atoms with Crippen LogP contribution >= 0.6 is 15.9 Å². The number of halogens is 4. The molecule has 0 fully saturated rings. The molecular weight excluding hydrogens is 305 g/mol.